The van der Waals surface area contributed by atoms with E-state index in [0.29, 0.717) is 23.9 Å². The van der Waals surface area contributed by atoms with Crippen LogP contribution in [0.15, 0.2) is 122 Å². The lowest BCUT2D eigenvalue weighted by Crippen LogP contribution is -2.44. The topological polar surface area (TPSA) is 111 Å². The Morgan fingerprint density at radius 2 is 0.581 bits per heavy atom. The van der Waals surface area contributed by atoms with Gasteiger partial charge in [-0.25, -0.2) is 0 Å². The van der Waals surface area contributed by atoms with Gasteiger partial charge in [0.25, 0.3) is 0 Å². The number of carboxylic acids is 1. The van der Waals surface area contributed by atoms with Crippen molar-refractivity contribution in [3.05, 3.63) is 122 Å². The van der Waals surface area contributed by atoms with Crippen LogP contribution in [0.2, 0.25) is 0 Å². The number of allylic oxidation sites excluding steroid dienone is 20. The summed E-state index contributed by atoms with van der Waals surface area (Å²) in [5, 5.41) is 11.9. The molecule has 0 aliphatic carbocycles. The molecular weight excluding hydrogens is 1150 g/mol. The van der Waals surface area contributed by atoms with Gasteiger partial charge in [0.1, 0.15) is 13.2 Å². The van der Waals surface area contributed by atoms with E-state index in [2.05, 4.69) is 135 Å². The molecule has 534 valence electrons. The molecule has 0 fully saturated rings. The standard InChI is InChI=1S/C84H145NO8/c1-6-8-10-12-14-16-18-20-22-24-26-28-30-32-34-36-38-39-40-41-42-43-45-47-49-51-53-55-57-59-61-63-65-67-69-71-73-75-82(87)93-80(79-92-84(83(88)89)90-77-76-85(3,4)5)78-91-81(86)74-72-70-68-66-64-62-60-58-56-54-52-50-48-46-44-37-35-33-31-29-27-25-23-21-19-17-15-13-11-9-7-2/h8-11,14-17,20-23,26-29,32,34,38-39,80,84H,6-7,12-13,18-19,24-25,30-31,33,35-37,40-79H2,1-5H3/b10-8-,11-9-,16-14-,17-15-,22-20-,23-21-,28-26-,29-27-,34-32-,39-38-. The summed E-state index contributed by atoms with van der Waals surface area (Å²) in [6.07, 6.45) is 102. The zero-order valence-corrected chi connectivity index (χ0v) is 61.1. The average Bonchev–Trinajstić information content (AvgIpc) is 3.73. The van der Waals surface area contributed by atoms with Gasteiger partial charge in [0, 0.05) is 12.8 Å². The van der Waals surface area contributed by atoms with E-state index in [0.717, 1.165) is 96.3 Å². The van der Waals surface area contributed by atoms with Crippen molar-refractivity contribution in [2.45, 2.75) is 347 Å². The van der Waals surface area contributed by atoms with Crippen LogP contribution in [0.3, 0.4) is 0 Å². The van der Waals surface area contributed by atoms with Crippen LogP contribution in [0.4, 0.5) is 0 Å². The summed E-state index contributed by atoms with van der Waals surface area (Å²) in [5.74, 6) is -2.27. The number of hydrogen-bond donors (Lipinski definition) is 0. The molecule has 0 rings (SSSR count). The van der Waals surface area contributed by atoms with E-state index in [4.69, 9.17) is 18.9 Å². The lowest BCUT2D eigenvalue weighted by molar-refractivity contribution is -0.870. The first-order chi connectivity index (χ1) is 45.6. The Hall–Kier alpha value is -4.31. The number of esters is 2. The Morgan fingerprint density at radius 1 is 0.323 bits per heavy atom. The van der Waals surface area contributed by atoms with Crippen LogP contribution in [0, 0.1) is 0 Å². The van der Waals surface area contributed by atoms with Crippen LogP contribution >= 0.6 is 0 Å². The number of nitrogens with zero attached hydrogens (tertiary/aromatic N) is 1. The Balaban J connectivity index is 4.03. The summed E-state index contributed by atoms with van der Waals surface area (Å²) in [6.45, 7) is 4.56. The summed E-state index contributed by atoms with van der Waals surface area (Å²) in [5.41, 5.74) is 0. The first-order valence-corrected chi connectivity index (χ1v) is 38.7. The number of rotatable bonds is 71. The van der Waals surface area contributed by atoms with Gasteiger partial charge in [-0.3, -0.25) is 9.59 Å². The SMILES string of the molecule is CC/C=C\C/C=C\C/C=C\C/C=C\C/C=C\C/C=C\CCCCCCCCCCCCCCCCCCCCC(=O)OC(COC(=O)CCCCCCCCCCCCCCCCCCCC/C=C\C/C=C\C/C=C\C/C=C\CC)COC(OCC[N+](C)(C)C)C(=O)[O-]. The van der Waals surface area contributed by atoms with Gasteiger partial charge in [0.05, 0.1) is 40.3 Å². The fourth-order valence-electron chi connectivity index (χ4n) is 10.9. The summed E-state index contributed by atoms with van der Waals surface area (Å²) in [7, 11) is 5.94. The molecule has 0 aromatic rings. The highest BCUT2D eigenvalue weighted by molar-refractivity contribution is 5.70. The van der Waals surface area contributed by atoms with Crippen molar-refractivity contribution in [2.24, 2.45) is 0 Å². The van der Waals surface area contributed by atoms with Crippen LogP contribution in [0.1, 0.15) is 335 Å². The van der Waals surface area contributed by atoms with Gasteiger partial charge in [0.2, 0.25) is 0 Å². The lowest BCUT2D eigenvalue weighted by Gasteiger charge is -2.26. The van der Waals surface area contributed by atoms with E-state index < -0.39 is 24.3 Å². The summed E-state index contributed by atoms with van der Waals surface area (Å²) >= 11 is 0. The third-order valence-corrected chi connectivity index (χ3v) is 16.7. The van der Waals surface area contributed by atoms with E-state index in [-0.39, 0.29) is 32.2 Å². The van der Waals surface area contributed by atoms with Crippen molar-refractivity contribution < 1.29 is 42.9 Å². The van der Waals surface area contributed by atoms with Gasteiger partial charge in [0.15, 0.2) is 12.4 Å². The number of aliphatic carboxylic acids is 1. The van der Waals surface area contributed by atoms with Crippen molar-refractivity contribution in [1.82, 2.24) is 0 Å². The first-order valence-electron chi connectivity index (χ1n) is 38.7. The summed E-state index contributed by atoms with van der Waals surface area (Å²) < 4.78 is 22.9. The highest BCUT2D eigenvalue weighted by atomic mass is 16.7. The van der Waals surface area contributed by atoms with E-state index in [9.17, 15) is 19.5 Å². The van der Waals surface area contributed by atoms with Crippen molar-refractivity contribution in [3.8, 4) is 0 Å². The monoisotopic (exact) mass is 1300 g/mol. The normalized spacial score (nSPS) is 13.3. The van der Waals surface area contributed by atoms with Crippen molar-refractivity contribution in [3.63, 3.8) is 0 Å². The Morgan fingerprint density at radius 3 is 0.860 bits per heavy atom. The Bertz CT molecular complexity index is 1950. The fourth-order valence-corrected chi connectivity index (χ4v) is 10.9. The van der Waals surface area contributed by atoms with Gasteiger partial charge in [-0.15, -0.1) is 0 Å². The van der Waals surface area contributed by atoms with Gasteiger partial charge < -0.3 is 33.3 Å². The number of quaternary nitrogens is 1. The Labute approximate surface area is 574 Å². The molecule has 0 aliphatic rings. The third-order valence-electron chi connectivity index (χ3n) is 16.7. The molecule has 0 saturated carbocycles. The molecule has 0 radical (unpaired) electrons. The van der Waals surface area contributed by atoms with E-state index in [1.54, 1.807) is 0 Å². The van der Waals surface area contributed by atoms with Crippen LogP contribution < -0.4 is 5.11 Å². The van der Waals surface area contributed by atoms with Crippen LogP contribution in [0.25, 0.3) is 0 Å². The summed E-state index contributed by atoms with van der Waals surface area (Å²) in [4.78, 5) is 37.6. The van der Waals surface area contributed by atoms with E-state index in [1.807, 2.05) is 21.1 Å². The number of unbranched alkanes of at least 4 members (excludes halogenated alkanes) is 36. The quantitative estimate of drug-likeness (QED) is 0.0195. The molecule has 0 heterocycles. The smallest absolute Gasteiger partial charge is 0.306 e. The second-order valence-corrected chi connectivity index (χ2v) is 26.9. The molecule has 0 spiro atoms. The molecule has 0 N–H and O–H groups in total. The maximum absolute atomic E-state index is 13.0. The minimum Gasteiger partial charge on any atom is -0.545 e. The second-order valence-electron chi connectivity index (χ2n) is 26.9. The molecule has 9 heteroatoms. The number of hydrogen-bond acceptors (Lipinski definition) is 8. The molecule has 0 aliphatic heterocycles. The highest BCUT2D eigenvalue weighted by Gasteiger charge is 2.22. The zero-order chi connectivity index (χ0) is 67.5. The predicted molar refractivity (Wildman–Crippen MR) is 398 cm³/mol. The molecule has 0 aromatic carbocycles. The molecule has 9 nitrogen and oxygen atoms in total. The molecular formula is C84H145NO8. The number of carboxylic acid groups (broad SMARTS) is 1. The van der Waals surface area contributed by atoms with Crippen molar-refractivity contribution in [2.75, 3.05) is 47.5 Å². The lowest BCUT2D eigenvalue weighted by atomic mass is 10.0. The van der Waals surface area contributed by atoms with Gasteiger partial charge in [-0.1, -0.05) is 341 Å². The molecule has 93 heavy (non-hydrogen) atoms. The number of carbonyl (C=O) groups is 3. The number of likely N-dealkylation sites (N-methyl/N-ethyl adjacent to an activating group) is 1. The molecule has 0 saturated heterocycles. The fraction of sp³-hybridized carbons (Fsp3) is 0.726. The van der Waals surface area contributed by atoms with E-state index >= 15 is 0 Å². The van der Waals surface area contributed by atoms with Gasteiger partial charge in [-0.05, 0) is 103 Å². The van der Waals surface area contributed by atoms with Crippen molar-refractivity contribution in [1.29, 1.82) is 0 Å². The molecule has 0 amide bonds. The molecule has 0 aromatic heterocycles. The predicted octanol–water partition coefficient (Wildman–Crippen LogP) is 23.4. The summed E-state index contributed by atoms with van der Waals surface area (Å²) in [6, 6.07) is 0. The zero-order valence-electron chi connectivity index (χ0n) is 61.1. The minimum absolute atomic E-state index is 0.146. The third kappa shape index (κ3) is 74.9. The largest absolute Gasteiger partial charge is 0.545 e. The molecule has 2 unspecified atom stereocenters. The van der Waals surface area contributed by atoms with Crippen LogP contribution in [-0.4, -0.2) is 82.3 Å². The van der Waals surface area contributed by atoms with Crippen LogP contribution in [-0.2, 0) is 33.3 Å². The molecule has 0 bridgehead atoms. The van der Waals surface area contributed by atoms with Crippen LogP contribution in [0.5, 0.6) is 0 Å². The van der Waals surface area contributed by atoms with Crippen molar-refractivity contribution >= 4 is 17.9 Å². The minimum atomic E-state index is -1.63. The molecule has 2 atom stereocenters. The maximum atomic E-state index is 13.0. The number of ether oxygens (including phenoxy) is 4. The average molecular weight is 1300 g/mol. The van der Waals surface area contributed by atoms with Gasteiger partial charge in [-0.2, -0.15) is 0 Å². The van der Waals surface area contributed by atoms with E-state index in [1.165, 1.54) is 205 Å². The number of carbonyl (C=O) groups excluding carboxylic acids is 3. The van der Waals surface area contributed by atoms with Gasteiger partial charge >= 0.3 is 11.9 Å². The maximum Gasteiger partial charge on any atom is 0.306 e. The highest BCUT2D eigenvalue weighted by Crippen LogP contribution is 2.18. The first kappa shape index (κ1) is 88.7. The second kappa shape index (κ2) is 73.5. The Kier molecular flexibility index (Phi) is 70.1.